The fraction of sp³-hybridized carbons (Fsp3) is 0.111. The first-order valence-electron chi connectivity index (χ1n) is 7.95. The van der Waals surface area contributed by atoms with E-state index in [0.29, 0.717) is 0 Å². The van der Waals surface area contributed by atoms with Gasteiger partial charge in [-0.05, 0) is 31.2 Å². The van der Waals surface area contributed by atoms with Crippen LogP contribution >= 0.6 is 11.6 Å². The van der Waals surface area contributed by atoms with Gasteiger partial charge in [-0.1, -0.05) is 11.6 Å². The fourth-order valence-electron chi connectivity index (χ4n) is 2.40. The van der Waals surface area contributed by atoms with Gasteiger partial charge < -0.3 is 4.74 Å². The Bertz CT molecular complexity index is 1210. The van der Waals surface area contributed by atoms with Crippen LogP contribution in [-0.4, -0.2) is 15.5 Å². The lowest BCUT2D eigenvalue weighted by molar-refractivity contribution is -0.115. The monoisotopic (exact) mass is 417 g/mol. The molecule has 1 aliphatic heterocycles. The van der Waals surface area contributed by atoms with Gasteiger partial charge in [0.1, 0.15) is 5.75 Å². The highest BCUT2D eigenvalue weighted by Crippen LogP contribution is 2.26. The number of nitrogens with zero attached hydrogens (tertiary/aromatic N) is 5. The Morgan fingerprint density at radius 2 is 2.03 bits per heavy atom. The van der Waals surface area contributed by atoms with Crippen molar-refractivity contribution in [1.29, 1.82) is 5.26 Å². The van der Waals surface area contributed by atoms with Crippen LogP contribution in [0.4, 0.5) is 8.78 Å². The van der Waals surface area contributed by atoms with E-state index < -0.39 is 23.2 Å². The molecule has 8 nitrogen and oxygen atoms in total. The van der Waals surface area contributed by atoms with Crippen molar-refractivity contribution in [3.63, 3.8) is 0 Å². The molecule has 0 aliphatic carbocycles. The smallest absolute Gasteiger partial charge is 0.297 e. The van der Waals surface area contributed by atoms with Gasteiger partial charge in [-0.25, -0.2) is 4.98 Å². The van der Waals surface area contributed by atoms with Crippen LogP contribution in [0.5, 0.6) is 11.5 Å². The highest BCUT2D eigenvalue weighted by Gasteiger charge is 2.20. The van der Waals surface area contributed by atoms with Gasteiger partial charge in [0.25, 0.3) is 17.5 Å². The summed E-state index contributed by atoms with van der Waals surface area (Å²) >= 11 is 5.93. The number of ether oxygens (including phenoxy) is 1. The van der Waals surface area contributed by atoms with E-state index in [2.05, 4.69) is 15.2 Å². The molecule has 0 fully saturated rings. The molecule has 2 heterocycles. The van der Waals surface area contributed by atoms with Crippen LogP contribution in [0.25, 0.3) is 0 Å². The van der Waals surface area contributed by atoms with Gasteiger partial charge in [0.15, 0.2) is 5.70 Å². The number of rotatable bonds is 4. The number of halogens is 3. The number of carbonyl (C=O) groups excluding carboxylic acids is 1. The van der Waals surface area contributed by atoms with Crippen LogP contribution in [-0.2, 0) is 11.3 Å². The van der Waals surface area contributed by atoms with E-state index in [9.17, 15) is 18.4 Å². The van der Waals surface area contributed by atoms with E-state index in [4.69, 9.17) is 21.6 Å². The molecule has 0 saturated heterocycles. The van der Waals surface area contributed by atoms with Crippen molar-refractivity contribution >= 4 is 17.5 Å². The van der Waals surface area contributed by atoms with Gasteiger partial charge in [-0.2, -0.15) is 14.0 Å². The molecule has 0 spiro atoms. The Morgan fingerprint density at radius 1 is 1.28 bits per heavy atom. The van der Waals surface area contributed by atoms with Crippen LogP contribution < -0.4 is 10.3 Å². The zero-order valence-corrected chi connectivity index (χ0v) is 15.4. The average Bonchev–Trinajstić information content (AvgIpc) is 2.68. The SMILES string of the molecule is Cc1ncn(CC2=CC(=C(F)F)N=NC2=O)c(=O)c1Oc1cc(Cl)cc(C#N)c1. The highest BCUT2D eigenvalue weighted by atomic mass is 35.5. The van der Waals surface area contributed by atoms with Crippen LogP contribution in [0.15, 0.2) is 63.0 Å². The molecule has 1 aromatic heterocycles. The van der Waals surface area contributed by atoms with Gasteiger partial charge in [0.2, 0.25) is 5.75 Å². The largest absolute Gasteiger partial charge is 0.450 e. The van der Waals surface area contributed by atoms with Crippen molar-refractivity contribution < 1.29 is 18.3 Å². The van der Waals surface area contributed by atoms with Crippen LogP contribution in [0.1, 0.15) is 11.3 Å². The Morgan fingerprint density at radius 3 is 2.72 bits per heavy atom. The highest BCUT2D eigenvalue weighted by molar-refractivity contribution is 6.30. The molecule has 0 saturated carbocycles. The molecule has 29 heavy (non-hydrogen) atoms. The maximum atomic E-state index is 12.8. The van der Waals surface area contributed by atoms with Gasteiger partial charge in [-0.15, -0.1) is 10.2 Å². The van der Waals surface area contributed by atoms with E-state index in [1.807, 2.05) is 6.07 Å². The number of nitriles is 1. The molecule has 1 amide bonds. The molecule has 0 atom stereocenters. The molecular weight excluding hydrogens is 408 g/mol. The molecule has 146 valence electrons. The maximum absolute atomic E-state index is 12.8. The summed E-state index contributed by atoms with van der Waals surface area (Å²) in [4.78, 5) is 28.6. The lowest BCUT2D eigenvalue weighted by atomic mass is 10.2. The molecule has 1 aromatic carbocycles. The number of azo groups is 1. The van der Waals surface area contributed by atoms with Gasteiger partial charge in [0, 0.05) is 10.6 Å². The zero-order valence-electron chi connectivity index (χ0n) is 14.7. The molecule has 3 rings (SSSR count). The Hall–Kier alpha value is -3.71. The fourth-order valence-corrected chi connectivity index (χ4v) is 2.62. The van der Waals surface area contributed by atoms with Crippen LogP contribution in [0.3, 0.4) is 0 Å². The summed E-state index contributed by atoms with van der Waals surface area (Å²) in [6.45, 7) is 1.16. The van der Waals surface area contributed by atoms with Crippen molar-refractivity contribution in [1.82, 2.24) is 9.55 Å². The van der Waals surface area contributed by atoms with E-state index >= 15 is 0 Å². The first-order valence-corrected chi connectivity index (χ1v) is 8.33. The first kappa shape index (κ1) is 20.0. The molecule has 1 aliphatic rings. The molecule has 0 bridgehead atoms. The summed E-state index contributed by atoms with van der Waals surface area (Å²) in [6, 6.07) is 6.13. The first-order chi connectivity index (χ1) is 13.8. The average molecular weight is 418 g/mol. The molecule has 11 heteroatoms. The second-order valence-electron chi connectivity index (χ2n) is 5.80. The standard InChI is InChI=1S/C18H10ClF2N5O3/c1-9-15(29-13-3-10(6-22)2-12(19)5-13)18(28)26(8-23-9)7-11-4-14(16(20)21)24-25-17(11)27/h2-5,8H,7H2,1H3. The summed E-state index contributed by atoms with van der Waals surface area (Å²) in [6.07, 6.45) is -0.0993. The minimum atomic E-state index is -2.11. The molecule has 0 N–H and O–H groups in total. The zero-order chi connectivity index (χ0) is 21.1. The van der Waals surface area contributed by atoms with E-state index in [1.165, 1.54) is 25.1 Å². The molecule has 0 unspecified atom stereocenters. The number of carbonyl (C=O) groups is 1. The topological polar surface area (TPSA) is 110 Å². The Balaban J connectivity index is 1.97. The minimum Gasteiger partial charge on any atom is -0.450 e. The molecule has 2 aromatic rings. The molecular formula is C18H10ClF2N5O3. The predicted octanol–water partition coefficient (Wildman–Crippen LogP) is 3.90. The lowest BCUT2D eigenvalue weighted by Crippen LogP contribution is -2.25. The minimum absolute atomic E-state index is 0.139. The number of benzene rings is 1. The summed E-state index contributed by atoms with van der Waals surface area (Å²) in [5, 5.41) is 15.5. The Labute approximate surface area is 167 Å². The normalized spacial score (nSPS) is 13.1. The second kappa shape index (κ2) is 8.12. The summed E-state index contributed by atoms with van der Waals surface area (Å²) in [7, 11) is 0. The number of allylic oxidation sites excluding steroid dienone is 1. The van der Waals surface area contributed by atoms with Crippen molar-refractivity contribution in [2.75, 3.05) is 0 Å². The summed E-state index contributed by atoms with van der Waals surface area (Å²) in [5.41, 5.74) is -1.13. The number of aryl methyl sites for hydroxylation is 1. The maximum Gasteiger partial charge on any atom is 0.297 e. The summed E-state index contributed by atoms with van der Waals surface area (Å²) < 4.78 is 32.0. The lowest BCUT2D eigenvalue weighted by Gasteiger charge is -2.13. The number of amides is 1. The van der Waals surface area contributed by atoms with Crippen molar-refractivity contribution in [2.24, 2.45) is 10.2 Å². The van der Waals surface area contributed by atoms with Crippen molar-refractivity contribution in [3.8, 4) is 17.6 Å². The van der Waals surface area contributed by atoms with Crippen LogP contribution in [0, 0.1) is 18.3 Å². The van der Waals surface area contributed by atoms with E-state index in [-0.39, 0.29) is 39.9 Å². The second-order valence-corrected chi connectivity index (χ2v) is 6.24. The van der Waals surface area contributed by atoms with Gasteiger partial charge in [0.05, 0.1) is 30.2 Å². The summed E-state index contributed by atoms with van der Waals surface area (Å²) in [5.74, 6) is -0.879. The van der Waals surface area contributed by atoms with Gasteiger partial charge in [-0.3, -0.25) is 14.2 Å². The third kappa shape index (κ3) is 4.41. The van der Waals surface area contributed by atoms with Crippen molar-refractivity contribution in [3.05, 3.63) is 74.6 Å². The van der Waals surface area contributed by atoms with E-state index in [1.54, 1.807) is 0 Å². The number of aromatic nitrogens is 2. The third-order valence-electron chi connectivity index (χ3n) is 3.76. The van der Waals surface area contributed by atoms with Crippen LogP contribution in [0.2, 0.25) is 5.02 Å². The number of hydrogen-bond acceptors (Lipinski definition) is 6. The number of hydrogen-bond donors (Lipinski definition) is 0. The molecule has 0 radical (unpaired) electrons. The van der Waals surface area contributed by atoms with Crippen molar-refractivity contribution in [2.45, 2.75) is 13.5 Å². The predicted molar refractivity (Wildman–Crippen MR) is 96.7 cm³/mol. The Kier molecular flexibility index (Phi) is 5.61. The quantitative estimate of drug-likeness (QED) is 0.749. The third-order valence-corrected chi connectivity index (χ3v) is 3.98. The van der Waals surface area contributed by atoms with Gasteiger partial charge >= 0.3 is 0 Å². The van der Waals surface area contributed by atoms with E-state index in [0.717, 1.165) is 17.0 Å².